The van der Waals surface area contributed by atoms with E-state index in [1.165, 1.54) is 6.92 Å². The SMILES string of the molecule is CCOC(=O)C(=O)c1cc(F)c(C)c(C(=O)OC)c1. The van der Waals surface area contributed by atoms with Crippen molar-refractivity contribution in [2.75, 3.05) is 13.7 Å². The summed E-state index contributed by atoms with van der Waals surface area (Å²) < 4.78 is 22.6. The third-order valence-corrected chi connectivity index (χ3v) is 2.47. The molecular formula is C13H13FO5. The van der Waals surface area contributed by atoms with Crippen LogP contribution >= 0.6 is 0 Å². The molecule has 102 valence electrons. The molecule has 0 aliphatic heterocycles. The third-order valence-electron chi connectivity index (χ3n) is 2.47. The quantitative estimate of drug-likeness (QED) is 0.472. The Balaban J connectivity index is 3.24. The first-order chi connectivity index (χ1) is 8.92. The van der Waals surface area contributed by atoms with Gasteiger partial charge in [0.15, 0.2) is 0 Å². The average Bonchev–Trinajstić information content (AvgIpc) is 2.40. The highest BCUT2D eigenvalue weighted by molar-refractivity contribution is 6.40. The van der Waals surface area contributed by atoms with E-state index < -0.39 is 23.5 Å². The van der Waals surface area contributed by atoms with Gasteiger partial charge in [-0.05, 0) is 31.5 Å². The number of benzene rings is 1. The molecule has 19 heavy (non-hydrogen) atoms. The number of ketones is 1. The summed E-state index contributed by atoms with van der Waals surface area (Å²) in [5.41, 5.74) is -0.302. The number of Topliss-reactive ketones (excluding diaryl/α,β-unsaturated/α-hetero) is 1. The third kappa shape index (κ3) is 3.15. The molecule has 0 fully saturated rings. The topological polar surface area (TPSA) is 69.7 Å². The summed E-state index contributed by atoms with van der Waals surface area (Å²) in [5.74, 6) is -3.65. The lowest BCUT2D eigenvalue weighted by Gasteiger charge is -2.08. The number of carbonyl (C=O) groups is 3. The lowest BCUT2D eigenvalue weighted by Crippen LogP contribution is -2.19. The molecule has 0 unspecified atom stereocenters. The predicted octanol–water partition coefficient (Wildman–Crippen LogP) is 1.67. The van der Waals surface area contributed by atoms with Crippen molar-refractivity contribution >= 4 is 17.7 Å². The Kier molecular flexibility index (Phi) is 4.74. The Bertz CT molecular complexity index is 536. The van der Waals surface area contributed by atoms with Crippen LogP contribution < -0.4 is 0 Å². The van der Waals surface area contributed by atoms with Crippen molar-refractivity contribution in [1.82, 2.24) is 0 Å². The Morgan fingerprint density at radius 1 is 1.26 bits per heavy atom. The summed E-state index contributed by atoms with van der Waals surface area (Å²) in [5, 5.41) is 0. The molecule has 5 nitrogen and oxygen atoms in total. The maximum Gasteiger partial charge on any atom is 0.379 e. The summed E-state index contributed by atoms with van der Waals surface area (Å²) in [4.78, 5) is 34.4. The minimum Gasteiger partial charge on any atom is -0.465 e. The molecule has 0 N–H and O–H groups in total. The summed E-state index contributed by atoms with van der Waals surface area (Å²) in [7, 11) is 1.14. The largest absolute Gasteiger partial charge is 0.465 e. The molecule has 0 aliphatic rings. The summed E-state index contributed by atoms with van der Waals surface area (Å²) in [6.07, 6.45) is 0. The summed E-state index contributed by atoms with van der Waals surface area (Å²) in [6, 6.07) is 2.00. The number of halogens is 1. The van der Waals surface area contributed by atoms with Gasteiger partial charge in [-0.1, -0.05) is 0 Å². The number of rotatable bonds is 4. The van der Waals surface area contributed by atoms with Crippen LogP contribution in [0.3, 0.4) is 0 Å². The molecule has 1 rings (SSSR count). The van der Waals surface area contributed by atoms with Crippen LogP contribution in [0.15, 0.2) is 12.1 Å². The van der Waals surface area contributed by atoms with E-state index in [1.54, 1.807) is 6.92 Å². The van der Waals surface area contributed by atoms with Crippen molar-refractivity contribution in [3.63, 3.8) is 0 Å². The fourth-order valence-electron chi connectivity index (χ4n) is 1.45. The van der Waals surface area contributed by atoms with Crippen LogP contribution in [-0.2, 0) is 14.3 Å². The van der Waals surface area contributed by atoms with Crippen LogP contribution in [0.25, 0.3) is 0 Å². The normalized spacial score (nSPS) is 9.89. The van der Waals surface area contributed by atoms with Gasteiger partial charge in [-0.15, -0.1) is 0 Å². The second-order valence-electron chi connectivity index (χ2n) is 3.67. The summed E-state index contributed by atoms with van der Waals surface area (Å²) in [6.45, 7) is 2.95. The molecule has 0 saturated heterocycles. The van der Waals surface area contributed by atoms with Gasteiger partial charge in [-0.3, -0.25) is 4.79 Å². The van der Waals surface area contributed by atoms with Crippen molar-refractivity contribution in [2.24, 2.45) is 0 Å². The van der Waals surface area contributed by atoms with E-state index in [1.807, 2.05) is 0 Å². The van der Waals surface area contributed by atoms with Gasteiger partial charge in [-0.25, -0.2) is 14.0 Å². The smallest absolute Gasteiger partial charge is 0.379 e. The van der Waals surface area contributed by atoms with Gasteiger partial charge < -0.3 is 9.47 Å². The molecule has 0 amide bonds. The maximum absolute atomic E-state index is 13.6. The zero-order valence-corrected chi connectivity index (χ0v) is 10.8. The fourth-order valence-corrected chi connectivity index (χ4v) is 1.45. The minimum atomic E-state index is -1.10. The predicted molar refractivity (Wildman–Crippen MR) is 63.4 cm³/mol. The highest BCUT2D eigenvalue weighted by atomic mass is 19.1. The van der Waals surface area contributed by atoms with Crippen LogP contribution in [0.2, 0.25) is 0 Å². The van der Waals surface area contributed by atoms with Gasteiger partial charge in [0, 0.05) is 5.56 Å². The number of methoxy groups -OCH3 is 1. The molecule has 1 aromatic carbocycles. The van der Waals surface area contributed by atoms with Crippen LogP contribution in [0.4, 0.5) is 4.39 Å². The monoisotopic (exact) mass is 268 g/mol. The highest BCUT2D eigenvalue weighted by Gasteiger charge is 2.22. The van der Waals surface area contributed by atoms with Crippen LogP contribution in [0.1, 0.15) is 33.2 Å². The number of carbonyl (C=O) groups excluding carboxylic acids is 3. The highest BCUT2D eigenvalue weighted by Crippen LogP contribution is 2.17. The van der Waals surface area contributed by atoms with Gasteiger partial charge in [0.2, 0.25) is 0 Å². The molecule has 0 aromatic heterocycles. The fraction of sp³-hybridized carbons (Fsp3) is 0.308. The Morgan fingerprint density at radius 3 is 2.42 bits per heavy atom. The maximum atomic E-state index is 13.6. The molecule has 1 aromatic rings. The van der Waals surface area contributed by atoms with Crippen molar-refractivity contribution in [3.05, 3.63) is 34.6 Å². The summed E-state index contributed by atoms with van der Waals surface area (Å²) >= 11 is 0. The van der Waals surface area contributed by atoms with Gasteiger partial charge in [0.1, 0.15) is 5.82 Å². The first-order valence-corrected chi connectivity index (χ1v) is 5.52. The van der Waals surface area contributed by atoms with E-state index in [0.29, 0.717) is 0 Å². The molecule has 6 heteroatoms. The van der Waals surface area contributed by atoms with Crippen molar-refractivity contribution in [1.29, 1.82) is 0 Å². The van der Waals surface area contributed by atoms with E-state index in [-0.39, 0.29) is 23.3 Å². The number of ether oxygens (including phenoxy) is 2. The Labute approximate surface area is 109 Å². The van der Waals surface area contributed by atoms with E-state index in [0.717, 1.165) is 19.2 Å². The lowest BCUT2D eigenvalue weighted by molar-refractivity contribution is -0.137. The van der Waals surface area contributed by atoms with Gasteiger partial charge in [-0.2, -0.15) is 0 Å². The zero-order valence-electron chi connectivity index (χ0n) is 10.8. The molecule has 0 radical (unpaired) electrons. The minimum absolute atomic E-state index is 0.0305. The second-order valence-corrected chi connectivity index (χ2v) is 3.67. The molecule has 0 saturated carbocycles. The van der Waals surface area contributed by atoms with Crippen molar-refractivity contribution < 1.29 is 28.2 Å². The lowest BCUT2D eigenvalue weighted by atomic mass is 10.0. The zero-order chi connectivity index (χ0) is 14.6. The van der Waals surface area contributed by atoms with Gasteiger partial charge in [0.25, 0.3) is 5.78 Å². The van der Waals surface area contributed by atoms with Crippen LogP contribution in [0, 0.1) is 12.7 Å². The van der Waals surface area contributed by atoms with E-state index in [2.05, 4.69) is 9.47 Å². The molecule has 0 heterocycles. The molecule has 0 spiro atoms. The number of hydrogen-bond acceptors (Lipinski definition) is 5. The van der Waals surface area contributed by atoms with E-state index >= 15 is 0 Å². The Morgan fingerprint density at radius 2 is 1.89 bits per heavy atom. The Hall–Kier alpha value is -2.24. The van der Waals surface area contributed by atoms with Gasteiger partial charge in [0.05, 0.1) is 19.3 Å². The first kappa shape index (κ1) is 14.8. The molecule has 0 atom stereocenters. The average molecular weight is 268 g/mol. The van der Waals surface area contributed by atoms with E-state index in [9.17, 15) is 18.8 Å². The van der Waals surface area contributed by atoms with Crippen molar-refractivity contribution in [2.45, 2.75) is 13.8 Å². The van der Waals surface area contributed by atoms with Crippen LogP contribution in [-0.4, -0.2) is 31.4 Å². The molecule has 0 aliphatic carbocycles. The molecular weight excluding hydrogens is 255 g/mol. The first-order valence-electron chi connectivity index (χ1n) is 5.52. The van der Waals surface area contributed by atoms with Crippen LogP contribution in [0.5, 0.6) is 0 Å². The van der Waals surface area contributed by atoms with E-state index in [4.69, 9.17) is 0 Å². The molecule has 0 bridgehead atoms. The standard InChI is InChI=1S/C13H13FO5/c1-4-19-13(17)11(15)8-5-9(12(16)18-3)7(2)10(14)6-8/h5-6H,4H2,1-3H3. The van der Waals surface area contributed by atoms with Crippen molar-refractivity contribution in [3.8, 4) is 0 Å². The second kappa shape index (κ2) is 6.08. The number of hydrogen-bond donors (Lipinski definition) is 0. The number of esters is 2. The van der Waals surface area contributed by atoms with Gasteiger partial charge >= 0.3 is 11.9 Å².